The summed E-state index contributed by atoms with van der Waals surface area (Å²) in [6.07, 6.45) is -0.589. The van der Waals surface area contributed by atoms with Crippen molar-refractivity contribution in [1.82, 2.24) is 15.3 Å². The van der Waals surface area contributed by atoms with Crippen molar-refractivity contribution in [1.29, 1.82) is 0 Å². The molecule has 0 radical (unpaired) electrons. The summed E-state index contributed by atoms with van der Waals surface area (Å²) in [5.41, 5.74) is 0.886. The Morgan fingerprint density at radius 3 is 2.61 bits per heavy atom. The van der Waals surface area contributed by atoms with Crippen LogP contribution in [0.15, 0.2) is 34.1 Å². The number of aliphatic carboxylic acids is 2. The Balaban J connectivity index is 1.55. The van der Waals surface area contributed by atoms with Crippen molar-refractivity contribution in [3.05, 3.63) is 40.2 Å². The molecule has 1 amide bonds. The van der Waals surface area contributed by atoms with Gasteiger partial charge in [0.05, 0.1) is 6.04 Å². The van der Waals surface area contributed by atoms with E-state index in [1.807, 2.05) is 0 Å². The van der Waals surface area contributed by atoms with Crippen LogP contribution in [0.25, 0.3) is 0 Å². The molecule has 0 bridgehead atoms. The second-order valence-electron chi connectivity index (χ2n) is 7.25. The second kappa shape index (κ2) is 10.3. The highest BCUT2D eigenvalue weighted by molar-refractivity contribution is 5.96. The summed E-state index contributed by atoms with van der Waals surface area (Å²) in [5.74, 6) is -2.53. The second-order valence-corrected chi connectivity index (χ2v) is 7.25. The normalized spacial score (nSPS) is 15.2. The Kier molecular flexibility index (Phi) is 7.23. The van der Waals surface area contributed by atoms with Crippen molar-refractivity contribution in [2.45, 2.75) is 24.9 Å². The summed E-state index contributed by atoms with van der Waals surface area (Å²) < 4.78 is 0. The molecular formula is C20H23N7O6. The minimum absolute atomic E-state index is 0.128. The predicted molar refractivity (Wildman–Crippen MR) is 121 cm³/mol. The molecule has 2 heterocycles. The maximum absolute atomic E-state index is 12.3. The Labute approximate surface area is 187 Å². The van der Waals surface area contributed by atoms with Gasteiger partial charge in [-0.3, -0.25) is 19.4 Å². The molecule has 13 heteroatoms. The highest BCUT2D eigenvalue weighted by Crippen LogP contribution is 2.21. The minimum atomic E-state index is -1.30. The summed E-state index contributed by atoms with van der Waals surface area (Å²) in [6.45, 7) is 4.29. The zero-order chi connectivity index (χ0) is 24.0. The highest BCUT2D eigenvalue weighted by Gasteiger charge is 2.23. The van der Waals surface area contributed by atoms with Crippen molar-refractivity contribution in [3.8, 4) is 0 Å². The first kappa shape index (κ1) is 23.2. The number of anilines is 3. The molecule has 1 unspecified atom stereocenters. The van der Waals surface area contributed by atoms with Crippen LogP contribution < -0.4 is 26.8 Å². The van der Waals surface area contributed by atoms with Gasteiger partial charge in [-0.05, 0) is 37.4 Å². The molecule has 0 aliphatic carbocycles. The molecule has 0 fully saturated rings. The Morgan fingerprint density at radius 2 is 1.97 bits per heavy atom. The molecule has 13 nitrogen and oxygen atoms in total. The first-order chi connectivity index (χ1) is 15.8. The number of rotatable bonds is 10. The molecule has 2 aromatic rings. The van der Waals surface area contributed by atoms with E-state index in [0.717, 1.165) is 0 Å². The standard InChI is InChI=1S/C20H23N7O6/c1-21-20-26-16-15(18(31)27-20)24-12(9-23-16)8-22-11-4-2-10(3-5-11)17(30)25-13(19(32)33)6-7-14(28)29/h2-5,12-13,22,24H,1,6-9H2,(H,25,30)(H,28,29)(H,32,33)(H2,23,26,27,31)/t12?,13-/m0/s1. The monoisotopic (exact) mass is 457 g/mol. The number of H-pyrrole nitrogens is 1. The molecule has 33 heavy (non-hydrogen) atoms. The lowest BCUT2D eigenvalue weighted by atomic mass is 10.1. The summed E-state index contributed by atoms with van der Waals surface area (Å²) in [5, 5.41) is 29.6. The SMILES string of the molecule is C=Nc1nc2c(c(=O)[nH]1)NC(CNc1ccc(C(=O)N[C@@H](CCC(=O)O)C(=O)O)cc1)CN2. The summed E-state index contributed by atoms with van der Waals surface area (Å²) in [6, 6.07) is 4.93. The van der Waals surface area contributed by atoms with E-state index in [9.17, 15) is 19.2 Å². The van der Waals surface area contributed by atoms with E-state index in [1.54, 1.807) is 12.1 Å². The van der Waals surface area contributed by atoms with Gasteiger partial charge in [0.2, 0.25) is 5.95 Å². The van der Waals surface area contributed by atoms with Crippen molar-refractivity contribution in [2.24, 2.45) is 4.99 Å². The van der Waals surface area contributed by atoms with Gasteiger partial charge in [0.1, 0.15) is 11.7 Å². The summed E-state index contributed by atoms with van der Waals surface area (Å²) in [4.78, 5) is 56.6. The number of carboxylic acids is 2. The van der Waals surface area contributed by atoms with Gasteiger partial charge in [-0.15, -0.1) is 0 Å². The van der Waals surface area contributed by atoms with E-state index in [0.29, 0.717) is 30.3 Å². The molecule has 1 aromatic carbocycles. The van der Waals surface area contributed by atoms with E-state index in [-0.39, 0.29) is 36.0 Å². The average molecular weight is 457 g/mol. The van der Waals surface area contributed by atoms with Crippen LogP contribution in [-0.2, 0) is 9.59 Å². The van der Waals surface area contributed by atoms with Crippen LogP contribution in [-0.4, -0.2) is 69.9 Å². The molecule has 1 aliphatic heterocycles. The number of hydrogen-bond donors (Lipinski definition) is 7. The third-order valence-corrected chi connectivity index (χ3v) is 4.87. The van der Waals surface area contributed by atoms with Gasteiger partial charge in [0, 0.05) is 30.8 Å². The third-order valence-electron chi connectivity index (χ3n) is 4.87. The lowest BCUT2D eigenvalue weighted by Crippen LogP contribution is -2.41. The number of fused-ring (bicyclic) bond motifs is 1. The fraction of sp³-hybridized carbons (Fsp3) is 0.300. The molecule has 174 valence electrons. The van der Waals surface area contributed by atoms with Crippen molar-refractivity contribution < 1.29 is 24.6 Å². The molecule has 0 spiro atoms. The number of amides is 1. The number of nitrogens with zero attached hydrogens (tertiary/aromatic N) is 2. The quantitative estimate of drug-likeness (QED) is 0.246. The first-order valence-electron chi connectivity index (χ1n) is 9.97. The summed E-state index contributed by atoms with van der Waals surface area (Å²) >= 11 is 0. The molecule has 0 saturated heterocycles. The maximum Gasteiger partial charge on any atom is 0.326 e. The average Bonchev–Trinajstić information content (AvgIpc) is 2.80. The van der Waals surface area contributed by atoms with Crippen LogP contribution in [0.3, 0.4) is 0 Å². The predicted octanol–water partition coefficient (Wildman–Crippen LogP) is 0.468. The van der Waals surface area contributed by atoms with Crippen molar-refractivity contribution >= 4 is 47.7 Å². The number of benzene rings is 1. The number of aliphatic imine (C=N–C) groups is 1. The van der Waals surface area contributed by atoms with E-state index >= 15 is 0 Å². The number of aromatic nitrogens is 2. The van der Waals surface area contributed by atoms with Gasteiger partial charge in [0.25, 0.3) is 11.5 Å². The number of aromatic amines is 1. The molecule has 3 rings (SSSR count). The fourth-order valence-corrected chi connectivity index (χ4v) is 3.14. The fourth-order valence-electron chi connectivity index (χ4n) is 3.14. The highest BCUT2D eigenvalue weighted by atomic mass is 16.4. The number of carbonyl (C=O) groups is 3. The van der Waals surface area contributed by atoms with Crippen molar-refractivity contribution in [2.75, 3.05) is 29.0 Å². The topological polar surface area (TPSA) is 198 Å². The molecule has 7 N–H and O–H groups in total. The zero-order valence-corrected chi connectivity index (χ0v) is 17.4. The van der Waals surface area contributed by atoms with Crippen LogP contribution in [0.1, 0.15) is 23.2 Å². The Hall–Kier alpha value is -4.42. The largest absolute Gasteiger partial charge is 0.481 e. The van der Waals surface area contributed by atoms with E-state index in [1.165, 1.54) is 12.1 Å². The first-order valence-corrected chi connectivity index (χ1v) is 9.97. The molecular weight excluding hydrogens is 434 g/mol. The lowest BCUT2D eigenvalue weighted by Gasteiger charge is -2.27. The zero-order valence-electron chi connectivity index (χ0n) is 17.4. The van der Waals surface area contributed by atoms with Gasteiger partial charge in [-0.25, -0.2) is 9.79 Å². The van der Waals surface area contributed by atoms with E-state index < -0.39 is 23.9 Å². The molecule has 1 aliphatic rings. The number of hydrogen-bond acceptors (Lipinski definition) is 9. The van der Waals surface area contributed by atoms with Crippen LogP contribution in [0.2, 0.25) is 0 Å². The van der Waals surface area contributed by atoms with Crippen LogP contribution in [0, 0.1) is 0 Å². The Bertz CT molecular complexity index is 1110. The van der Waals surface area contributed by atoms with Gasteiger partial charge < -0.3 is 31.5 Å². The van der Waals surface area contributed by atoms with E-state index in [4.69, 9.17) is 10.2 Å². The van der Waals surface area contributed by atoms with E-state index in [2.05, 4.69) is 42.9 Å². The molecule has 2 atom stereocenters. The van der Waals surface area contributed by atoms with Gasteiger partial charge in [-0.1, -0.05) is 0 Å². The van der Waals surface area contributed by atoms with Gasteiger partial charge >= 0.3 is 11.9 Å². The smallest absolute Gasteiger partial charge is 0.326 e. The maximum atomic E-state index is 12.3. The van der Waals surface area contributed by atoms with Crippen LogP contribution in [0.5, 0.6) is 0 Å². The summed E-state index contributed by atoms with van der Waals surface area (Å²) in [7, 11) is 0. The number of carbonyl (C=O) groups excluding carboxylic acids is 1. The van der Waals surface area contributed by atoms with Crippen LogP contribution >= 0.6 is 0 Å². The van der Waals surface area contributed by atoms with Gasteiger partial charge in [-0.2, -0.15) is 4.98 Å². The van der Waals surface area contributed by atoms with Crippen LogP contribution in [0.4, 0.5) is 23.1 Å². The minimum Gasteiger partial charge on any atom is -0.481 e. The van der Waals surface area contributed by atoms with Crippen molar-refractivity contribution in [3.63, 3.8) is 0 Å². The Morgan fingerprint density at radius 1 is 1.24 bits per heavy atom. The number of nitrogens with one attached hydrogen (secondary N) is 5. The third kappa shape index (κ3) is 6.06. The molecule has 1 aromatic heterocycles. The van der Waals surface area contributed by atoms with Gasteiger partial charge in [0.15, 0.2) is 5.82 Å². The molecule has 0 saturated carbocycles. The number of carboxylic acid groups (broad SMARTS) is 2. The lowest BCUT2D eigenvalue weighted by molar-refractivity contribution is -0.140.